The molecule has 1 amide bonds. The number of ether oxygens (including phenoxy) is 1. The number of rotatable bonds is 5. The Morgan fingerprint density at radius 3 is 2.43 bits per heavy atom. The molecular weight excluding hydrogens is 421 g/mol. The molecule has 1 atom stereocenters. The van der Waals surface area contributed by atoms with E-state index in [0.29, 0.717) is 18.6 Å². The first-order chi connectivity index (χ1) is 14.1. The average Bonchev–Trinajstić information content (AvgIpc) is 2.73. The zero-order chi connectivity index (χ0) is 21.9. The number of alkyl halides is 3. The molecule has 0 aliphatic carbocycles. The van der Waals surface area contributed by atoms with Crippen molar-refractivity contribution in [3.05, 3.63) is 54.1 Å². The quantitative estimate of drug-likeness (QED) is 0.765. The van der Waals surface area contributed by atoms with Gasteiger partial charge in [0, 0.05) is 13.1 Å². The SMILES string of the molecule is COc1ccc(S(=O)(=O)N2CCC[C@H](C(=O)Nc3ccccc3C(F)(F)F)C2)cc1. The predicted molar refractivity (Wildman–Crippen MR) is 105 cm³/mol. The maximum atomic E-state index is 13.2. The van der Waals surface area contributed by atoms with Crippen LogP contribution in [0.2, 0.25) is 0 Å². The number of nitrogens with zero attached hydrogens (tertiary/aromatic N) is 1. The number of carbonyl (C=O) groups is 1. The second kappa shape index (κ2) is 8.65. The van der Waals surface area contributed by atoms with Crippen molar-refractivity contribution in [3.63, 3.8) is 0 Å². The van der Waals surface area contributed by atoms with E-state index >= 15 is 0 Å². The molecular formula is C20H21F3N2O4S. The van der Waals surface area contributed by atoms with E-state index in [4.69, 9.17) is 4.74 Å². The van der Waals surface area contributed by atoms with Gasteiger partial charge < -0.3 is 10.1 Å². The maximum absolute atomic E-state index is 13.2. The van der Waals surface area contributed by atoms with E-state index in [2.05, 4.69) is 5.32 Å². The lowest BCUT2D eigenvalue weighted by Crippen LogP contribution is -2.43. The molecule has 6 nitrogen and oxygen atoms in total. The summed E-state index contributed by atoms with van der Waals surface area (Å²) in [6.45, 7) is 0.131. The summed E-state index contributed by atoms with van der Waals surface area (Å²) in [6.07, 6.45) is -3.80. The van der Waals surface area contributed by atoms with Gasteiger partial charge in [0.25, 0.3) is 0 Å². The van der Waals surface area contributed by atoms with Gasteiger partial charge in [0.15, 0.2) is 0 Å². The van der Waals surface area contributed by atoms with Crippen molar-refractivity contribution in [1.82, 2.24) is 4.31 Å². The van der Waals surface area contributed by atoms with Crippen molar-refractivity contribution >= 4 is 21.6 Å². The second-order valence-electron chi connectivity index (χ2n) is 6.91. The Labute approximate surface area is 172 Å². The summed E-state index contributed by atoms with van der Waals surface area (Å²) in [4.78, 5) is 12.7. The highest BCUT2D eigenvalue weighted by Crippen LogP contribution is 2.35. The smallest absolute Gasteiger partial charge is 0.418 e. The standard InChI is InChI=1S/C20H21F3N2O4S/c1-29-15-8-10-16(11-9-15)30(27,28)25-12-4-5-14(13-25)19(26)24-18-7-3-2-6-17(18)20(21,22)23/h2-3,6-11,14H,4-5,12-13H2,1H3,(H,24,26)/t14-/m0/s1. The van der Waals surface area contributed by atoms with Gasteiger partial charge in [-0.3, -0.25) is 4.79 Å². The number of hydrogen-bond acceptors (Lipinski definition) is 4. The minimum Gasteiger partial charge on any atom is -0.497 e. The third-order valence-electron chi connectivity index (χ3n) is 4.94. The minimum absolute atomic E-state index is 0.0618. The summed E-state index contributed by atoms with van der Waals surface area (Å²) in [6, 6.07) is 10.6. The van der Waals surface area contributed by atoms with E-state index in [1.807, 2.05) is 0 Å². The van der Waals surface area contributed by atoms with E-state index in [9.17, 15) is 26.4 Å². The van der Waals surface area contributed by atoms with Gasteiger partial charge in [-0.25, -0.2) is 8.42 Å². The molecule has 1 fully saturated rings. The molecule has 0 saturated carbocycles. The van der Waals surface area contributed by atoms with Crippen LogP contribution in [0.25, 0.3) is 0 Å². The number of halogens is 3. The number of nitrogens with one attached hydrogen (secondary N) is 1. The third kappa shape index (κ3) is 4.76. The van der Waals surface area contributed by atoms with Gasteiger partial charge in [-0.2, -0.15) is 17.5 Å². The predicted octanol–water partition coefficient (Wildman–Crippen LogP) is 3.75. The van der Waals surface area contributed by atoms with Gasteiger partial charge in [-0.1, -0.05) is 12.1 Å². The molecule has 0 unspecified atom stereocenters. The number of para-hydroxylation sites is 1. The lowest BCUT2D eigenvalue weighted by molar-refractivity contribution is -0.137. The Morgan fingerprint density at radius 2 is 1.80 bits per heavy atom. The molecule has 3 rings (SSSR count). The number of carbonyl (C=O) groups excluding carboxylic acids is 1. The first-order valence-corrected chi connectivity index (χ1v) is 10.7. The summed E-state index contributed by atoms with van der Waals surface area (Å²) in [7, 11) is -2.37. The first-order valence-electron chi connectivity index (χ1n) is 9.24. The van der Waals surface area contributed by atoms with E-state index in [0.717, 1.165) is 6.07 Å². The van der Waals surface area contributed by atoms with E-state index in [1.54, 1.807) is 0 Å². The van der Waals surface area contributed by atoms with Crippen LogP contribution in [0, 0.1) is 5.92 Å². The molecule has 0 aromatic heterocycles. The number of sulfonamides is 1. The number of hydrogen-bond donors (Lipinski definition) is 1. The van der Waals surface area contributed by atoms with Crippen LogP contribution in [0.5, 0.6) is 5.75 Å². The van der Waals surface area contributed by atoms with E-state index in [-0.39, 0.29) is 23.7 Å². The van der Waals surface area contributed by atoms with Crippen molar-refractivity contribution in [1.29, 1.82) is 0 Å². The van der Waals surface area contributed by atoms with Crippen molar-refractivity contribution in [2.75, 3.05) is 25.5 Å². The average molecular weight is 442 g/mol. The van der Waals surface area contributed by atoms with Crippen LogP contribution in [0.3, 0.4) is 0 Å². The number of anilines is 1. The number of methoxy groups -OCH3 is 1. The van der Waals surface area contributed by atoms with Crippen LogP contribution in [0.4, 0.5) is 18.9 Å². The summed E-state index contributed by atoms with van der Waals surface area (Å²) in [5, 5.41) is 2.32. The van der Waals surface area contributed by atoms with Crippen molar-refractivity contribution < 1.29 is 31.1 Å². The molecule has 1 N–H and O–H groups in total. The van der Waals surface area contributed by atoms with E-state index in [1.165, 1.54) is 53.9 Å². The molecule has 1 aliphatic heterocycles. The Balaban J connectivity index is 1.75. The van der Waals surface area contributed by atoms with Gasteiger partial charge in [0.05, 0.1) is 29.2 Å². The monoisotopic (exact) mass is 442 g/mol. The van der Waals surface area contributed by atoms with Crippen molar-refractivity contribution in [2.24, 2.45) is 5.92 Å². The highest BCUT2D eigenvalue weighted by atomic mass is 32.2. The molecule has 2 aromatic rings. The first kappa shape index (κ1) is 22.1. The van der Waals surface area contributed by atoms with Gasteiger partial charge in [0.2, 0.25) is 15.9 Å². The number of amides is 1. The Morgan fingerprint density at radius 1 is 1.13 bits per heavy atom. The van der Waals surface area contributed by atoms with Crippen LogP contribution in [-0.2, 0) is 21.0 Å². The van der Waals surface area contributed by atoms with Crippen molar-refractivity contribution in [3.8, 4) is 5.75 Å². The molecule has 1 heterocycles. The fourth-order valence-corrected chi connectivity index (χ4v) is 4.87. The summed E-state index contributed by atoms with van der Waals surface area (Å²) in [5.41, 5.74) is -1.29. The molecule has 0 spiro atoms. The zero-order valence-corrected chi connectivity index (χ0v) is 17.0. The number of piperidine rings is 1. The number of benzene rings is 2. The minimum atomic E-state index is -4.61. The molecule has 10 heteroatoms. The molecule has 1 saturated heterocycles. The van der Waals surface area contributed by atoms with Crippen molar-refractivity contribution in [2.45, 2.75) is 23.9 Å². The highest BCUT2D eigenvalue weighted by Gasteiger charge is 2.36. The lowest BCUT2D eigenvalue weighted by Gasteiger charge is -2.31. The third-order valence-corrected chi connectivity index (χ3v) is 6.82. The van der Waals surface area contributed by atoms with Crippen LogP contribution in [0.15, 0.2) is 53.4 Å². The van der Waals surface area contributed by atoms with Gasteiger partial charge >= 0.3 is 6.18 Å². The van der Waals surface area contributed by atoms with Crippen LogP contribution < -0.4 is 10.1 Å². The van der Waals surface area contributed by atoms with Gasteiger partial charge in [-0.15, -0.1) is 0 Å². The van der Waals surface area contributed by atoms with Crippen LogP contribution in [-0.4, -0.2) is 38.8 Å². The Bertz CT molecular complexity index is 1010. The maximum Gasteiger partial charge on any atom is 0.418 e. The summed E-state index contributed by atoms with van der Waals surface area (Å²) in [5.74, 6) is -0.887. The molecule has 0 bridgehead atoms. The van der Waals surface area contributed by atoms with Crippen LogP contribution >= 0.6 is 0 Å². The molecule has 2 aromatic carbocycles. The molecule has 162 valence electrons. The zero-order valence-electron chi connectivity index (χ0n) is 16.1. The Hall–Kier alpha value is -2.59. The van der Waals surface area contributed by atoms with Gasteiger partial charge in [-0.05, 0) is 49.2 Å². The summed E-state index contributed by atoms with van der Waals surface area (Å²) >= 11 is 0. The largest absolute Gasteiger partial charge is 0.497 e. The van der Waals surface area contributed by atoms with Crippen LogP contribution in [0.1, 0.15) is 18.4 Å². The highest BCUT2D eigenvalue weighted by molar-refractivity contribution is 7.89. The summed E-state index contributed by atoms with van der Waals surface area (Å²) < 4.78 is 71.5. The Kier molecular flexibility index (Phi) is 6.37. The normalized spacial score (nSPS) is 18.1. The lowest BCUT2D eigenvalue weighted by atomic mass is 9.98. The molecule has 1 aliphatic rings. The second-order valence-corrected chi connectivity index (χ2v) is 8.85. The fraction of sp³-hybridized carbons (Fsp3) is 0.350. The topological polar surface area (TPSA) is 75.7 Å². The van der Waals surface area contributed by atoms with E-state index < -0.39 is 33.6 Å². The molecule has 30 heavy (non-hydrogen) atoms. The van der Waals surface area contributed by atoms with Gasteiger partial charge in [0.1, 0.15) is 5.75 Å². The molecule has 0 radical (unpaired) electrons. The fourth-order valence-electron chi connectivity index (χ4n) is 3.35.